The van der Waals surface area contributed by atoms with Crippen molar-refractivity contribution in [1.29, 1.82) is 0 Å². The van der Waals surface area contributed by atoms with E-state index in [9.17, 15) is 54.9 Å². The number of piperidine rings is 1. The van der Waals surface area contributed by atoms with Gasteiger partial charge in [-0.1, -0.05) is 0 Å². The van der Waals surface area contributed by atoms with E-state index in [-0.39, 0.29) is 38.1 Å². The second kappa shape index (κ2) is 11.8. The van der Waals surface area contributed by atoms with Crippen molar-refractivity contribution in [2.45, 2.75) is 43.5 Å². The van der Waals surface area contributed by atoms with Crippen LogP contribution in [-0.4, -0.2) is 76.0 Å². The fourth-order valence-electron chi connectivity index (χ4n) is 4.62. The summed E-state index contributed by atoms with van der Waals surface area (Å²) in [6, 6.07) is -2.20. The van der Waals surface area contributed by atoms with Gasteiger partial charge in [0, 0.05) is 24.9 Å². The van der Waals surface area contributed by atoms with Crippen LogP contribution in [0, 0.1) is 23.3 Å². The third-order valence-corrected chi connectivity index (χ3v) is 6.68. The van der Waals surface area contributed by atoms with E-state index in [2.05, 4.69) is 4.98 Å². The highest BCUT2D eigenvalue weighted by Crippen LogP contribution is 2.30. The van der Waals surface area contributed by atoms with Gasteiger partial charge in [-0.25, -0.2) is 44.5 Å². The third kappa shape index (κ3) is 5.88. The van der Waals surface area contributed by atoms with Gasteiger partial charge in [0.2, 0.25) is 5.43 Å². The van der Waals surface area contributed by atoms with Gasteiger partial charge in [-0.15, -0.1) is 0 Å². The molecule has 0 spiro atoms. The fraction of sp³-hybridized carbons (Fsp3) is 0.400. The first-order valence-corrected chi connectivity index (χ1v) is 12.2. The first kappa shape index (κ1) is 31.1. The maximum atomic E-state index is 15.3. The van der Waals surface area contributed by atoms with Gasteiger partial charge >= 0.3 is 0 Å². The minimum atomic E-state index is -3.96. The number of nitrogens with zero attached hydrogens (tertiary/aromatic N) is 3. The number of aromatic nitrogens is 2. The Morgan fingerprint density at radius 2 is 1.67 bits per heavy atom. The van der Waals surface area contributed by atoms with Crippen molar-refractivity contribution in [3.05, 3.63) is 63.5 Å². The zero-order valence-electron chi connectivity index (χ0n) is 21.1. The molecule has 0 aliphatic carbocycles. The van der Waals surface area contributed by atoms with Crippen molar-refractivity contribution < 1.29 is 54.5 Å². The molecule has 3 heterocycles. The highest BCUT2D eigenvalue weighted by atomic mass is 19.3. The number of fused-ring (bicyclic) bond motifs is 1. The molecule has 4 rings (SSSR count). The van der Waals surface area contributed by atoms with Gasteiger partial charge in [0.05, 0.1) is 18.5 Å². The van der Waals surface area contributed by atoms with E-state index in [0.29, 0.717) is 16.8 Å². The van der Waals surface area contributed by atoms with Gasteiger partial charge < -0.3 is 20.4 Å². The summed E-state index contributed by atoms with van der Waals surface area (Å²) in [7, 11) is 0. The second-order valence-electron chi connectivity index (χ2n) is 9.65. The molecule has 17 heteroatoms. The molecule has 3 atom stereocenters. The number of carbonyl (C=O) groups excluding carboxylic acids is 1. The van der Waals surface area contributed by atoms with Crippen molar-refractivity contribution in [2.24, 2.45) is 0 Å². The average Bonchev–Trinajstić information content (AvgIpc) is 2.91. The normalized spacial score (nSPS) is 19.0. The molecule has 0 saturated carbocycles. The molecule has 228 valence electrons. The van der Waals surface area contributed by atoms with Gasteiger partial charge in [0.15, 0.2) is 35.1 Å². The highest BCUT2D eigenvalue weighted by Gasteiger charge is 2.39. The van der Waals surface area contributed by atoms with E-state index < -0.39 is 100.0 Å². The quantitative estimate of drug-likeness (QED) is 0.338. The van der Waals surface area contributed by atoms with Crippen LogP contribution in [0.3, 0.4) is 0 Å². The topological polar surface area (TPSA) is 108 Å². The molecular formula is C25H21F9N4O4. The van der Waals surface area contributed by atoms with E-state index in [1.165, 1.54) is 10.2 Å². The van der Waals surface area contributed by atoms with E-state index in [1.807, 2.05) is 0 Å². The van der Waals surface area contributed by atoms with Gasteiger partial charge in [-0.05, 0) is 18.9 Å². The molecule has 1 aliphatic heterocycles. The summed E-state index contributed by atoms with van der Waals surface area (Å²) in [5.74, 6) is -8.29. The van der Waals surface area contributed by atoms with E-state index >= 15 is 4.39 Å². The predicted molar refractivity (Wildman–Crippen MR) is 129 cm³/mol. The Kier molecular flexibility index (Phi) is 8.73. The van der Waals surface area contributed by atoms with Crippen molar-refractivity contribution in [3.8, 4) is 5.69 Å². The van der Waals surface area contributed by atoms with E-state index in [0.717, 1.165) is 0 Å². The Labute approximate surface area is 230 Å². The number of halogens is 9. The second-order valence-corrected chi connectivity index (χ2v) is 9.65. The number of β-amino-alcohol motifs (C(OH)–C–C–N with tert-alkyl or cyclic N) is 1. The van der Waals surface area contributed by atoms with Gasteiger partial charge in [0.25, 0.3) is 18.8 Å². The number of alkyl halides is 5. The number of aliphatic hydroxyl groups is 2. The Bertz CT molecular complexity index is 1550. The summed E-state index contributed by atoms with van der Waals surface area (Å²) in [5.41, 5.74) is -6.28. The number of hydrogen-bond acceptors (Lipinski definition) is 6. The number of pyridine rings is 2. The lowest BCUT2D eigenvalue weighted by molar-refractivity contribution is -0.0243. The molecule has 1 fully saturated rings. The minimum Gasteiger partial charge on any atom is -0.393 e. The molecule has 0 bridgehead atoms. The molecule has 1 saturated heterocycles. The Balaban J connectivity index is 1.96. The zero-order chi connectivity index (χ0) is 31.1. The van der Waals surface area contributed by atoms with Gasteiger partial charge in [-0.3, -0.25) is 14.2 Å². The summed E-state index contributed by atoms with van der Waals surface area (Å²) in [6.07, 6.45) is -10.7. The number of benzene rings is 1. The summed E-state index contributed by atoms with van der Waals surface area (Å²) in [5, 5.41) is 20.4. The maximum Gasteiger partial charge on any atom is 0.271 e. The SMILES string of the molecule is O=C(NC(C(F)F)C(F)C(F)F)c1cn(-c2c(F)cc(F)cc2F)c2nc(N3CCCC(O)(CO)C3)c(F)cc2c1=O. The fourth-order valence-corrected chi connectivity index (χ4v) is 4.62. The van der Waals surface area contributed by atoms with Crippen LogP contribution in [0.4, 0.5) is 45.3 Å². The smallest absolute Gasteiger partial charge is 0.271 e. The van der Waals surface area contributed by atoms with Crippen LogP contribution < -0.4 is 15.6 Å². The predicted octanol–water partition coefficient (Wildman–Crippen LogP) is 3.23. The molecule has 42 heavy (non-hydrogen) atoms. The van der Waals surface area contributed by atoms with Crippen molar-refractivity contribution in [1.82, 2.24) is 14.9 Å². The summed E-state index contributed by atoms with van der Waals surface area (Å²) in [4.78, 5) is 31.1. The summed E-state index contributed by atoms with van der Waals surface area (Å²) in [6.45, 7) is -0.990. The van der Waals surface area contributed by atoms with Crippen molar-refractivity contribution >= 4 is 22.8 Å². The van der Waals surface area contributed by atoms with Crippen LogP contribution in [-0.2, 0) is 0 Å². The molecule has 3 N–H and O–H groups in total. The Morgan fingerprint density at radius 3 is 2.24 bits per heavy atom. The minimum absolute atomic E-state index is 0.0747. The lowest BCUT2D eigenvalue weighted by atomic mass is 9.94. The number of aliphatic hydroxyl groups excluding tert-OH is 1. The lowest BCUT2D eigenvalue weighted by Gasteiger charge is -2.38. The number of anilines is 1. The van der Waals surface area contributed by atoms with Crippen LogP contribution in [0.1, 0.15) is 23.2 Å². The van der Waals surface area contributed by atoms with Crippen LogP contribution in [0.5, 0.6) is 0 Å². The molecule has 0 radical (unpaired) electrons. The lowest BCUT2D eigenvalue weighted by Crippen LogP contribution is -2.51. The highest BCUT2D eigenvalue weighted by molar-refractivity contribution is 5.97. The standard InChI is InChI=1S/C25H21F9N4O4/c26-10-4-13(27)18(14(28)5-10)38-7-12(24(41)35-17(21(33)34)16(30)20(31)32)19(40)11-6-15(29)23(36-22(11)38)37-3-1-2-25(42,8-37)9-39/h4-7,16-17,20-21,39,42H,1-3,8-9H2,(H,35,41). The van der Waals surface area contributed by atoms with Crippen LogP contribution in [0.2, 0.25) is 0 Å². The first-order valence-electron chi connectivity index (χ1n) is 12.2. The molecule has 3 unspecified atom stereocenters. The van der Waals surface area contributed by atoms with E-state index in [1.54, 1.807) is 0 Å². The molecule has 2 aromatic heterocycles. The first-order chi connectivity index (χ1) is 19.7. The van der Waals surface area contributed by atoms with E-state index in [4.69, 9.17) is 0 Å². The number of carbonyl (C=O) groups is 1. The summed E-state index contributed by atoms with van der Waals surface area (Å²) >= 11 is 0. The molecule has 3 aromatic rings. The maximum absolute atomic E-state index is 15.3. The van der Waals surface area contributed by atoms with Crippen molar-refractivity contribution in [3.63, 3.8) is 0 Å². The largest absolute Gasteiger partial charge is 0.393 e. The van der Waals surface area contributed by atoms with Crippen LogP contribution in [0.25, 0.3) is 16.7 Å². The Hall–Kier alpha value is -3.86. The van der Waals surface area contributed by atoms with Crippen LogP contribution in [0.15, 0.2) is 29.2 Å². The number of rotatable bonds is 8. The molecular weight excluding hydrogens is 591 g/mol. The third-order valence-electron chi connectivity index (χ3n) is 6.68. The molecule has 1 aromatic carbocycles. The monoisotopic (exact) mass is 612 g/mol. The van der Waals surface area contributed by atoms with Gasteiger partial charge in [0.1, 0.15) is 28.7 Å². The zero-order valence-corrected chi connectivity index (χ0v) is 21.1. The molecule has 1 amide bonds. The van der Waals surface area contributed by atoms with Gasteiger partial charge in [-0.2, -0.15) is 0 Å². The number of nitrogens with one attached hydrogen (secondary N) is 1. The molecule has 8 nitrogen and oxygen atoms in total. The summed E-state index contributed by atoms with van der Waals surface area (Å²) < 4.78 is 125. The molecule has 1 aliphatic rings. The average molecular weight is 612 g/mol. The van der Waals surface area contributed by atoms with Crippen molar-refractivity contribution in [2.75, 3.05) is 24.6 Å². The van der Waals surface area contributed by atoms with Crippen LogP contribution >= 0.6 is 0 Å². The number of hydrogen-bond donors (Lipinski definition) is 3. The Morgan fingerprint density at radius 1 is 1.02 bits per heavy atom. The number of amides is 1.